The number of hydrogen-bond acceptors (Lipinski definition) is 7. The lowest BCUT2D eigenvalue weighted by Gasteiger charge is -2.30. The van der Waals surface area contributed by atoms with E-state index in [0.29, 0.717) is 12.8 Å². The fourth-order valence-electron chi connectivity index (χ4n) is 3.41. The summed E-state index contributed by atoms with van der Waals surface area (Å²) in [6.07, 6.45) is -0.836. The summed E-state index contributed by atoms with van der Waals surface area (Å²) in [5.74, 6) is -4.30. The Morgan fingerprint density at radius 2 is 1.71 bits per heavy atom. The molecule has 0 aliphatic carbocycles. The highest BCUT2D eigenvalue weighted by Crippen LogP contribution is 2.19. The zero-order valence-corrected chi connectivity index (χ0v) is 18.0. The van der Waals surface area contributed by atoms with Crippen LogP contribution in [0.5, 0.6) is 0 Å². The number of primary amides is 1. The molecule has 1 heterocycles. The maximum absolute atomic E-state index is 12.8. The highest BCUT2D eigenvalue weighted by Gasteiger charge is 2.40. The van der Waals surface area contributed by atoms with Crippen LogP contribution in [-0.2, 0) is 24.0 Å². The molecule has 8 N–H and O–H groups in total. The number of nitrogens with one attached hydrogen (secondary N) is 2. The fraction of sp³-hybridized carbons (Fsp3) is 0.737. The summed E-state index contributed by atoms with van der Waals surface area (Å²) in [5, 5.41) is 24.0. The predicted octanol–water partition coefficient (Wildman–Crippen LogP) is -2.34. The van der Waals surface area contributed by atoms with Crippen molar-refractivity contribution in [3.63, 3.8) is 0 Å². The minimum Gasteiger partial charge on any atom is -0.480 e. The number of likely N-dealkylation sites (tertiary alicyclic amines) is 1. The lowest BCUT2D eigenvalue weighted by molar-refractivity contribution is -0.151. The lowest BCUT2D eigenvalue weighted by Crippen LogP contribution is -2.60. The van der Waals surface area contributed by atoms with Crippen molar-refractivity contribution in [3.05, 3.63) is 0 Å². The van der Waals surface area contributed by atoms with Gasteiger partial charge in [0.25, 0.3) is 0 Å². The number of carboxylic acids is 1. The van der Waals surface area contributed by atoms with E-state index in [4.69, 9.17) is 11.5 Å². The molecular weight excluding hydrogens is 410 g/mol. The molecule has 5 atom stereocenters. The van der Waals surface area contributed by atoms with Gasteiger partial charge in [-0.3, -0.25) is 19.2 Å². The number of aliphatic carboxylic acids is 1. The second-order valence-electron chi connectivity index (χ2n) is 8.22. The van der Waals surface area contributed by atoms with E-state index in [0.717, 1.165) is 4.90 Å². The van der Waals surface area contributed by atoms with Gasteiger partial charge in [0.1, 0.15) is 18.1 Å². The Bertz CT molecular complexity index is 697. The average Bonchev–Trinajstić information content (AvgIpc) is 3.13. The molecule has 0 aromatic heterocycles. The Hall–Kier alpha value is -2.73. The van der Waals surface area contributed by atoms with Gasteiger partial charge in [0.15, 0.2) is 0 Å². The fourth-order valence-corrected chi connectivity index (χ4v) is 3.41. The minimum absolute atomic E-state index is 0.115. The molecule has 12 heteroatoms. The largest absolute Gasteiger partial charge is 0.480 e. The number of rotatable bonds is 11. The van der Waals surface area contributed by atoms with Crippen molar-refractivity contribution in [1.82, 2.24) is 15.5 Å². The highest BCUT2D eigenvalue weighted by molar-refractivity contribution is 5.96. The monoisotopic (exact) mass is 443 g/mol. The summed E-state index contributed by atoms with van der Waals surface area (Å²) in [7, 11) is 0. The molecule has 0 spiro atoms. The van der Waals surface area contributed by atoms with E-state index in [1.165, 1.54) is 6.92 Å². The number of hydrogen-bond donors (Lipinski definition) is 6. The molecule has 0 radical (unpaired) electrons. The van der Waals surface area contributed by atoms with Crippen LogP contribution < -0.4 is 22.1 Å². The number of nitrogens with two attached hydrogens (primary N) is 2. The SMILES string of the molecule is CC(C)CC(N)C(=O)NC(CC(N)=O)C(=O)NC(C(=O)N1CCCC1C(=O)O)C(C)O. The molecule has 0 bridgehead atoms. The second-order valence-corrected chi connectivity index (χ2v) is 8.22. The maximum Gasteiger partial charge on any atom is 0.326 e. The molecule has 176 valence electrons. The van der Waals surface area contributed by atoms with E-state index in [2.05, 4.69) is 10.6 Å². The third-order valence-electron chi connectivity index (χ3n) is 4.97. The summed E-state index contributed by atoms with van der Waals surface area (Å²) < 4.78 is 0. The molecule has 1 aliphatic heterocycles. The van der Waals surface area contributed by atoms with Gasteiger partial charge in [0.05, 0.1) is 18.6 Å². The van der Waals surface area contributed by atoms with Gasteiger partial charge in [0.2, 0.25) is 23.6 Å². The van der Waals surface area contributed by atoms with E-state index >= 15 is 0 Å². The number of amides is 4. The Morgan fingerprint density at radius 3 is 2.19 bits per heavy atom. The third-order valence-corrected chi connectivity index (χ3v) is 4.97. The third kappa shape index (κ3) is 7.79. The molecule has 4 amide bonds. The van der Waals surface area contributed by atoms with E-state index in [1.54, 1.807) is 0 Å². The first-order valence-corrected chi connectivity index (χ1v) is 10.2. The number of carbonyl (C=O) groups excluding carboxylic acids is 4. The summed E-state index contributed by atoms with van der Waals surface area (Å²) in [6.45, 7) is 5.15. The van der Waals surface area contributed by atoms with Gasteiger partial charge < -0.3 is 37.2 Å². The van der Waals surface area contributed by atoms with Gasteiger partial charge in [-0.05, 0) is 32.1 Å². The predicted molar refractivity (Wildman–Crippen MR) is 109 cm³/mol. The molecule has 0 saturated carbocycles. The number of carboxylic acid groups (broad SMARTS) is 1. The molecule has 1 aliphatic rings. The van der Waals surface area contributed by atoms with Gasteiger partial charge in [-0.25, -0.2) is 4.79 Å². The van der Waals surface area contributed by atoms with Crippen molar-refractivity contribution in [2.45, 2.75) is 76.7 Å². The van der Waals surface area contributed by atoms with Crippen LogP contribution in [0.2, 0.25) is 0 Å². The number of nitrogens with zero attached hydrogens (tertiary/aromatic N) is 1. The maximum atomic E-state index is 12.8. The first kappa shape index (κ1) is 26.3. The van der Waals surface area contributed by atoms with Gasteiger partial charge in [-0.2, -0.15) is 0 Å². The lowest BCUT2D eigenvalue weighted by atomic mass is 10.0. The Balaban J connectivity index is 2.96. The van der Waals surface area contributed by atoms with Crippen molar-refractivity contribution in [1.29, 1.82) is 0 Å². The van der Waals surface area contributed by atoms with Gasteiger partial charge in [-0.15, -0.1) is 0 Å². The standard InChI is InChI=1S/C19H33N5O7/c1-9(2)7-11(20)16(27)22-12(8-14(21)26)17(28)23-15(10(3)25)18(29)24-6-4-5-13(24)19(30)31/h9-13,15,25H,4-8,20H2,1-3H3,(H2,21,26)(H,22,27)(H,23,28)(H,30,31). The molecule has 1 saturated heterocycles. The highest BCUT2D eigenvalue weighted by atomic mass is 16.4. The van der Waals surface area contributed by atoms with Crippen LogP contribution in [0, 0.1) is 5.92 Å². The summed E-state index contributed by atoms with van der Waals surface area (Å²) in [4.78, 5) is 61.7. The Labute approximate surface area is 180 Å². The second kappa shape index (κ2) is 11.6. The normalized spacial score (nSPS) is 19.9. The van der Waals surface area contributed by atoms with Crippen molar-refractivity contribution in [2.75, 3.05) is 6.54 Å². The summed E-state index contributed by atoms with van der Waals surface area (Å²) in [5.41, 5.74) is 11.0. The zero-order chi connectivity index (χ0) is 23.9. The van der Waals surface area contributed by atoms with Crippen LogP contribution in [0.3, 0.4) is 0 Å². The van der Waals surface area contributed by atoms with Crippen molar-refractivity contribution >= 4 is 29.6 Å². The van der Waals surface area contributed by atoms with Crippen LogP contribution in [-0.4, -0.2) is 81.5 Å². The van der Waals surface area contributed by atoms with E-state index in [1.807, 2.05) is 13.8 Å². The zero-order valence-electron chi connectivity index (χ0n) is 18.0. The molecule has 31 heavy (non-hydrogen) atoms. The van der Waals surface area contributed by atoms with Gasteiger partial charge in [0, 0.05) is 6.54 Å². The first-order valence-electron chi connectivity index (χ1n) is 10.2. The molecule has 1 fully saturated rings. The van der Waals surface area contributed by atoms with Crippen LogP contribution in [0.25, 0.3) is 0 Å². The number of carbonyl (C=O) groups is 5. The van der Waals surface area contributed by atoms with E-state index < -0.39 is 66.3 Å². The van der Waals surface area contributed by atoms with Gasteiger partial charge in [-0.1, -0.05) is 13.8 Å². The Kier molecular flexibility index (Phi) is 9.85. The van der Waals surface area contributed by atoms with Crippen molar-refractivity contribution in [3.8, 4) is 0 Å². The number of aliphatic hydroxyl groups excluding tert-OH is 1. The molecule has 1 rings (SSSR count). The van der Waals surface area contributed by atoms with Crippen LogP contribution in [0.1, 0.15) is 46.5 Å². The van der Waals surface area contributed by atoms with Crippen LogP contribution in [0.15, 0.2) is 0 Å². The van der Waals surface area contributed by atoms with Crippen molar-refractivity contribution in [2.24, 2.45) is 17.4 Å². The molecular formula is C19H33N5O7. The molecule has 5 unspecified atom stereocenters. The topological polar surface area (TPSA) is 205 Å². The Morgan fingerprint density at radius 1 is 1.10 bits per heavy atom. The van der Waals surface area contributed by atoms with Crippen LogP contribution in [0.4, 0.5) is 0 Å². The van der Waals surface area contributed by atoms with Gasteiger partial charge >= 0.3 is 5.97 Å². The minimum atomic E-state index is -1.47. The van der Waals surface area contributed by atoms with E-state index in [-0.39, 0.29) is 18.9 Å². The van der Waals surface area contributed by atoms with Crippen molar-refractivity contribution < 1.29 is 34.2 Å². The quantitative estimate of drug-likeness (QED) is 0.203. The summed E-state index contributed by atoms with van der Waals surface area (Å²) >= 11 is 0. The van der Waals surface area contributed by atoms with E-state index in [9.17, 15) is 34.2 Å². The smallest absolute Gasteiger partial charge is 0.326 e. The first-order chi connectivity index (χ1) is 14.3. The summed E-state index contributed by atoms with van der Waals surface area (Å²) in [6, 6.07) is -4.85. The molecule has 0 aromatic carbocycles. The number of aliphatic hydroxyl groups is 1. The average molecular weight is 444 g/mol. The van der Waals surface area contributed by atoms with Crippen LogP contribution >= 0.6 is 0 Å². The molecule has 0 aromatic rings. The molecule has 12 nitrogen and oxygen atoms in total.